The van der Waals surface area contributed by atoms with Gasteiger partial charge in [0.2, 0.25) is 0 Å². The molecule has 0 spiro atoms. The second-order valence-electron chi connectivity index (χ2n) is 5.42. The van der Waals surface area contributed by atoms with Gasteiger partial charge in [-0.15, -0.1) is 11.3 Å². The zero-order valence-electron chi connectivity index (χ0n) is 11.2. The minimum absolute atomic E-state index is 0.746. The van der Waals surface area contributed by atoms with Gasteiger partial charge in [-0.25, -0.2) is 0 Å². The number of nitrogens with one attached hydrogen (secondary N) is 1. The summed E-state index contributed by atoms with van der Waals surface area (Å²) < 4.78 is 1.46. The zero-order valence-corrected chi connectivity index (χ0v) is 12.0. The van der Waals surface area contributed by atoms with E-state index in [-0.39, 0.29) is 0 Å². The van der Waals surface area contributed by atoms with Crippen LogP contribution in [0.1, 0.15) is 42.0 Å². The minimum Gasteiger partial charge on any atom is -0.317 e. The Kier molecular flexibility index (Phi) is 3.40. The molecule has 0 unspecified atom stereocenters. The second kappa shape index (κ2) is 5.02. The van der Waals surface area contributed by atoms with Crippen molar-refractivity contribution in [1.82, 2.24) is 5.32 Å². The fraction of sp³-hybridized carbons (Fsp3) is 0.500. The molecular weight excluding hydrogens is 238 g/mol. The summed E-state index contributed by atoms with van der Waals surface area (Å²) in [6.07, 6.45) is 5.35. The first-order valence-electron chi connectivity index (χ1n) is 6.95. The first-order chi connectivity index (χ1) is 8.79. The summed E-state index contributed by atoms with van der Waals surface area (Å²) in [5.74, 6) is 0.798. The van der Waals surface area contributed by atoms with Gasteiger partial charge in [0.25, 0.3) is 0 Å². The Labute approximate surface area is 113 Å². The van der Waals surface area contributed by atoms with E-state index in [4.69, 9.17) is 0 Å². The molecule has 2 aromatic rings. The molecule has 1 N–H and O–H groups in total. The fourth-order valence-electron chi connectivity index (χ4n) is 3.23. The standard InChI is InChI=1S/C16H21NS/c1-11-14-5-3-4-6-15(14)18-16(11)12-7-9-13(17-2)10-8-12/h3-6,12-13,17H,7-10H2,1-2H3. The molecule has 1 aliphatic carbocycles. The number of thiophene rings is 1. The molecule has 1 aliphatic rings. The quantitative estimate of drug-likeness (QED) is 0.840. The number of hydrogen-bond acceptors (Lipinski definition) is 2. The largest absolute Gasteiger partial charge is 0.317 e. The molecule has 0 saturated heterocycles. The number of rotatable bonds is 2. The lowest BCUT2D eigenvalue weighted by molar-refractivity contribution is 0.361. The smallest absolute Gasteiger partial charge is 0.0348 e. The van der Waals surface area contributed by atoms with E-state index in [1.807, 2.05) is 11.3 Å². The van der Waals surface area contributed by atoms with Crippen molar-refractivity contribution in [1.29, 1.82) is 0 Å². The van der Waals surface area contributed by atoms with Crippen molar-refractivity contribution >= 4 is 21.4 Å². The Morgan fingerprint density at radius 2 is 1.83 bits per heavy atom. The van der Waals surface area contributed by atoms with Crippen molar-refractivity contribution in [3.63, 3.8) is 0 Å². The van der Waals surface area contributed by atoms with E-state index in [0.29, 0.717) is 0 Å². The molecule has 2 heteroatoms. The average Bonchev–Trinajstić information content (AvgIpc) is 2.77. The molecule has 1 saturated carbocycles. The third-order valence-electron chi connectivity index (χ3n) is 4.39. The van der Waals surface area contributed by atoms with Gasteiger partial charge in [-0.05, 0) is 62.6 Å². The number of hydrogen-bond donors (Lipinski definition) is 1. The normalized spacial score (nSPS) is 24.6. The molecule has 96 valence electrons. The van der Waals surface area contributed by atoms with Gasteiger partial charge in [-0.1, -0.05) is 18.2 Å². The van der Waals surface area contributed by atoms with E-state index < -0.39 is 0 Å². The maximum Gasteiger partial charge on any atom is 0.0348 e. The highest BCUT2D eigenvalue weighted by atomic mass is 32.1. The Morgan fingerprint density at radius 1 is 1.11 bits per heavy atom. The number of benzene rings is 1. The first-order valence-corrected chi connectivity index (χ1v) is 7.76. The van der Waals surface area contributed by atoms with Gasteiger partial charge < -0.3 is 5.32 Å². The Balaban J connectivity index is 1.89. The maximum atomic E-state index is 3.42. The lowest BCUT2D eigenvalue weighted by Gasteiger charge is -2.28. The topological polar surface area (TPSA) is 12.0 Å². The van der Waals surface area contributed by atoms with Gasteiger partial charge in [0.1, 0.15) is 0 Å². The van der Waals surface area contributed by atoms with Gasteiger partial charge in [0, 0.05) is 15.6 Å². The number of aryl methyl sites for hydroxylation is 1. The van der Waals surface area contributed by atoms with Gasteiger partial charge in [-0.2, -0.15) is 0 Å². The van der Waals surface area contributed by atoms with E-state index in [0.717, 1.165) is 12.0 Å². The lowest BCUT2D eigenvalue weighted by atomic mass is 9.84. The lowest BCUT2D eigenvalue weighted by Crippen LogP contribution is -2.29. The highest BCUT2D eigenvalue weighted by molar-refractivity contribution is 7.19. The van der Waals surface area contributed by atoms with Gasteiger partial charge in [0.15, 0.2) is 0 Å². The molecule has 0 amide bonds. The molecule has 1 fully saturated rings. The summed E-state index contributed by atoms with van der Waals surface area (Å²) in [5.41, 5.74) is 1.53. The van der Waals surface area contributed by atoms with Crippen LogP contribution in [0.3, 0.4) is 0 Å². The van der Waals surface area contributed by atoms with E-state index >= 15 is 0 Å². The number of fused-ring (bicyclic) bond motifs is 1. The van der Waals surface area contributed by atoms with Crippen LogP contribution >= 0.6 is 11.3 Å². The van der Waals surface area contributed by atoms with Gasteiger partial charge >= 0.3 is 0 Å². The third kappa shape index (κ3) is 2.08. The van der Waals surface area contributed by atoms with Crippen LogP contribution in [-0.2, 0) is 0 Å². The SMILES string of the molecule is CNC1CCC(c2sc3ccccc3c2C)CC1. The van der Waals surface area contributed by atoms with Crippen LogP contribution in [0.4, 0.5) is 0 Å². The summed E-state index contributed by atoms with van der Waals surface area (Å²) in [5, 5.41) is 4.89. The predicted octanol–water partition coefficient (Wildman–Crippen LogP) is 4.46. The molecular formula is C16H21NS. The van der Waals surface area contributed by atoms with Crippen LogP contribution in [0.15, 0.2) is 24.3 Å². The molecule has 0 radical (unpaired) electrons. The Hall–Kier alpha value is -0.860. The van der Waals surface area contributed by atoms with Gasteiger partial charge in [0.05, 0.1) is 0 Å². The van der Waals surface area contributed by atoms with E-state index in [1.54, 1.807) is 4.88 Å². The highest BCUT2D eigenvalue weighted by Crippen LogP contribution is 2.41. The van der Waals surface area contributed by atoms with Crippen molar-refractivity contribution < 1.29 is 0 Å². The van der Waals surface area contributed by atoms with E-state index in [1.165, 1.54) is 41.3 Å². The maximum absolute atomic E-state index is 3.42. The monoisotopic (exact) mass is 259 g/mol. The van der Waals surface area contributed by atoms with Crippen LogP contribution in [0.2, 0.25) is 0 Å². The van der Waals surface area contributed by atoms with Crippen molar-refractivity contribution in [3.05, 3.63) is 34.7 Å². The minimum atomic E-state index is 0.746. The summed E-state index contributed by atoms with van der Waals surface area (Å²) in [6, 6.07) is 9.58. The average molecular weight is 259 g/mol. The third-order valence-corrected chi connectivity index (χ3v) is 5.82. The van der Waals surface area contributed by atoms with E-state index in [2.05, 4.69) is 43.6 Å². The summed E-state index contributed by atoms with van der Waals surface area (Å²) >= 11 is 2.02. The predicted molar refractivity (Wildman–Crippen MR) is 80.6 cm³/mol. The molecule has 1 aromatic heterocycles. The van der Waals surface area contributed by atoms with Crippen LogP contribution in [-0.4, -0.2) is 13.1 Å². The van der Waals surface area contributed by atoms with Crippen molar-refractivity contribution in [2.75, 3.05) is 7.05 Å². The Bertz CT molecular complexity index is 535. The van der Waals surface area contributed by atoms with Crippen LogP contribution in [0.25, 0.3) is 10.1 Å². The fourth-order valence-corrected chi connectivity index (χ4v) is 4.61. The summed E-state index contributed by atoms with van der Waals surface area (Å²) in [6.45, 7) is 2.30. The van der Waals surface area contributed by atoms with Crippen LogP contribution in [0, 0.1) is 6.92 Å². The molecule has 1 nitrogen and oxygen atoms in total. The molecule has 0 bridgehead atoms. The summed E-state index contributed by atoms with van der Waals surface area (Å²) in [4.78, 5) is 1.64. The molecule has 18 heavy (non-hydrogen) atoms. The molecule has 3 rings (SSSR count). The molecule has 0 aliphatic heterocycles. The van der Waals surface area contributed by atoms with E-state index in [9.17, 15) is 0 Å². The summed E-state index contributed by atoms with van der Waals surface area (Å²) in [7, 11) is 2.09. The van der Waals surface area contributed by atoms with Crippen LogP contribution < -0.4 is 5.32 Å². The highest BCUT2D eigenvalue weighted by Gasteiger charge is 2.24. The van der Waals surface area contributed by atoms with Crippen LogP contribution in [0.5, 0.6) is 0 Å². The molecule has 1 heterocycles. The molecule has 1 aromatic carbocycles. The van der Waals surface area contributed by atoms with Crippen molar-refractivity contribution in [3.8, 4) is 0 Å². The first kappa shape index (κ1) is 12.2. The zero-order chi connectivity index (χ0) is 12.5. The van der Waals surface area contributed by atoms with Crippen molar-refractivity contribution in [2.24, 2.45) is 0 Å². The van der Waals surface area contributed by atoms with Crippen molar-refractivity contribution in [2.45, 2.75) is 44.6 Å². The Morgan fingerprint density at radius 3 is 2.50 bits per heavy atom. The molecule has 0 atom stereocenters. The van der Waals surface area contributed by atoms with Gasteiger partial charge in [-0.3, -0.25) is 0 Å². The second-order valence-corrected chi connectivity index (χ2v) is 6.51.